The van der Waals surface area contributed by atoms with Crippen LogP contribution in [-0.4, -0.2) is 52.9 Å². The molecule has 4 rings (SSSR count). The van der Waals surface area contributed by atoms with E-state index in [4.69, 9.17) is 5.73 Å². The zero-order valence-corrected chi connectivity index (χ0v) is 17.0. The Morgan fingerprint density at radius 3 is 2.45 bits per heavy atom. The van der Waals surface area contributed by atoms with Crippen LogP contribution in [0.2, 0.25) is 0 Å². The Labute approximate surface area is 173 Å². The van der Waals surface area contributed by atoms with E-state index in [0.717, 1.165) is 58.4 Å². The number of amides is 1. The zero-order chi connectivity index (χ0) is 20.1. The van der Waals surface area contributed by atoms with Gasteiger partial charge in [0.05, 0.1) is 0 Å². The van der Waals surface area contributed by atoms with E-state index in [1.165, 1.54) is 11.3 Å². The third-order valence-corrected chi connectivity index (χ3v) is 6.14. The number of hydrogen-bond acceptors (Lipinski definition) is 5. The van der Waals surface area contributed by atoms with Crippen molar-refractivity contribution in [2.75, 3.05) is 37.2 Å². The van der Waals surface area contributed by atoms with Crippen LogP contribution < -0.4 is 11.1 Å². The average Bonchev–Trinajstić information content (AvgIpc) is 2.75. The summed E-state index contributed by atoms with van der Waals surface area (Å²) >= 11 is 0. The van der Waals surface area contributed by atoms with Gasteiger partial charge in [-0.1, -0.05) is 18.2 Å². The first-order chi connectivity index (χ1) is 14.2. The molecule has 0 saturated carbocycles. The minimum atomic E-state index is 0.174. The van der Waals surface area contributed by atoms with Crippen molar-refractivity contribution in [2.24, 2.45) is 5.92 Å². The van der Waals surface area contributed by atoms with Crippen molar-refractivity contribution in [3.05, 3.63) is 54.2 Å². The largest absolute Gasteiger partial charge is 0.384 e. The number of nitrogen functional groups attached to an aromatic ring is 1. The van der Waals surface area contributed by atoms with E-state index in [0.29, 0.717) is 17.8 Å². The monoisotopic (exact) mass is 393 g/mol. The lowest BCUT2D eigenvalue weighted by Gasteiger charge is -2.37. The number of piperidine rings is 2. The van der Waals surface area contributed by atoms with E-state index in [-0.39, 0.29) is 5.92 Å². The van der Waals surface area contributed by atoms with Crippen molar-refractivity contribution in [1.29, 1.82) is 0 Å². The second-order valence-electron chi connectivity index (χ2n) is 8.25. The highest BCUT2D eigenvalue weighted by Crippen LogP contribution is 2.24. The fourth-order valence-electron chi connectivity index (χ4n) is 4.46. The number of likely N-dealkylation sites (tertiary alicyclic amines) is 2. The Bertz CT molecular complexity index is 796. The standard InChI is InChI=1S/C23H31N5O/c24-22-16-18(6-11-25-22)17-27-12-7-19(8-13-27)23(29)28-14-9-21(10-15-28)26-20-4-2-1-3-5-20/h1-6,11,16,19,21,26H,7-10,12-15,17H2,(H2,24,25). The highest BCUT2D eigenvalue weighted by Gasteiger charge is 2.30. The molecule has 0 bridgehead atoms. The lowest BCUT2D eigenvalue weighted by atomic mass is 9.93. The third kappa shape index (κ3) is 5.26. The minimum Gasteiger partial charge on any atom is -0.384 e. The van der Waals surface area contributed by atoms with Gasteiger partial charge in [0.1, 0.15) is 5.82 Å². The summed E-state index contributed by atoms with van der Waals surface area (Å²) in [7, 11) is 0. The van der Waals surface area contributed by atoms with Gasteiger partial charge in [-0.3, -0.25) is 9.69 Å². The second-order valence-corrected chi connectivity index (χ2v) is 8.25. The lowest BCUT2D eigenvalue weighted by Crippen LogP contribution is -2.47. The normalized spacial score (nSPS) is 19.2. The minimum absolute atomic E-state index is 0.174. The SMILES string of the molecule is Nc1cc(CN2CCC(C(=O)N3CCC(Nc4ccccc4)CC3)CC2)ccn1. The van der Waals surface area contributed by atoms with E-state index in [2.05, 4.69) is 44.4 Å². The summed E-state index contributed by atoms with van der Waals surface area (Å²) in [6, 6.07) is 14.7. The molecule has 0 unspecified atom stereocenters. The molecule has 3 N–H and O–H groups in total. The van der Waals surface area contributed by atoms with Gasteiger partial charge >= 0.3 is 0 Å². The summed E-state index contributed by atoms with van der Waals surface area (Å²) in [6.07, 6.45) is 5.69. The number of pyridine rings is 1. The van der Waals surface area contributed by atoms with Crippen molar-refractivity contribution >= 4 is 17.4 Å². The summed E-state index contributed by atoms with van der Waals surface area (Å²) in [4.78, 5) is 21.5. The number of para-hydroxylation sites is 1. The quantitative estimate of drug-likeness (QED) is 0.817. The van der Waals surface area contributed by atoms with Gasteiger partial charge in [0.15, 0.2) is 0 Å². The van der Waals surface area contributed by atoms with E-state index >= 15 is 0 Å². The molecule has 0 atom stereocenters. The van der Waals surface area contributed by atoms with Crippen molar-refractivity contribution in [3.63, 3.8) is 0 Å². The van der Waals surface area contributed by atoms with Crippen LogP contribution in [0, 0.1) is 5.92 Å². The second kappa shape index (κ2) is 9.27. The molecule has 0 aliphatic carbocycles. The molecule has 0 radical (unpaired) electrons. The van der Waals surface area contributed by atoms with Crippen molar-refractivity contribution in [3.8, 4) is 0 Å². The molecule has 2 aliphatic heterocycles. The molecule has 1 aromatic heterocycles. The molecule has 2 aromatic rings. The molecule has 1 aromatic carbocycles. The first-order valence-corrected chi connectivity index (χ1v) is 10.7. The maximum absolute atomic E-state index is 13.0. The highest BCUT2D eigenvalue weighted by atomic mass is 16.2. The number of anilines is 2. The molecule has 2 saturated heterocycles. The number of rotatable bonds is 5. The van der Waals surface area contributed by atoms with Gasteiger partial charge in [0.25, 0.3) is 0 Å². The molecule has 3 heterocycles. The van der Waals surface area contributed by atoms with Gasteiger partial charge in [-0.25, -0.2) is 4.98 Å². The van der Waals surface area contributed by atoms with Crippen molar-refractivity contribution < 1.29 is 4.79 Å². The van der Waals surface area contributed by atoms with E-state index in [9.17, 15) is 4.79 Å². The van der Waals surface area contributed by atoms with Gasteiger partial charge < -0.3 is 16.0 Å². The van der Waals surface area contributed by atoms with Gasteiger partial charge in [0.2, 0.25) is 5.91 Å². The van der Waals surface area contributed by atoms with Gasteiger partial charge in [0, 0.05) is 43.5 Å². The number of nitrogens with zero attached hydrogens (tertiary/aromatic N) is 3. The molecule has 0 spiro atoms. The predicted molar refractivity (Wildman–Crippen MR) is 116 cm³/mol. The van der Waals surface area contributed by atoms with E-state index < -0.39 is 0 Å². The van der Waals surface area contributed by atoms with Crippen LogP contribution in [-0.2, 0) is 11.3 Å². The molecule has 2 fully saturated rings. The summed E-state index contributed by atoms with van der Waals surface area (Å²) in [5.41, 5.74) is 8.13. The summed E-state index contributed by atoms with van der Waals surface area (Å²) in [6.45, 7) is 4.53. The molecule has 1 amide bonds. The number of nitrogens with one attached hydrogen (secondary N) is 1. The summed E-state index contributed by atoms with van der Waals surface area (Å²) in [5, 5.41) is 3.59. The summed E-state index contributed by atoms with van der Waals surface area (Å²) in [5.74, 6) is 1.10. The van der Waals surface area contributed by atoms with Gasteiger partial charge in [-0.05, 0) is 68.6 Å². The lowest BCUT2D eigenvalue weighted by molar-refractivity contribution is -0.138. The Balaban J connectivity index is 1.21. The van der Waals surface area contributed by atoms with Gasteiger partial charge in [-0.2, -0.15) is 0 Å². The topological polar surface area (TPSA) is 74.5 Å². The summed E-state index contributed by atoms with van der Waals surface area (Å²) < 4.78 is 0. The fraction of sp³-hybridized carbons (Fsp3) is 0.478. The maximum Gasteiger partial charge on any atom is 0.225 e. The van der Waals surface area contributed by atoms with E-state index in [1.807, 2.05) is 18.2 Å². The van der Waals surface area contributed by atoms with Crippen LogP contribution in [0.4, 0.5) is 11.5 Å². The fourth-order valence-corrected chi connectivity index (χ4v) is 4.46. The Hall–Kier alpha value is -2.60. The number of nitrogens with two attached hydrogens (primary N) is 1. The zero-order valence-electron chi connectivity index (χ0n) is 17.0. The number of hydrogen-bond donors (Lipinski definition) is 2. The molecule has 6 heteroatoms. The highest BCUT2D eigenvalue weighted by molar-refractivity contribution is 5.79. The Kier molecular flexibility index (Phi) is 6.30. The van der Waals surface area contributed by atoms with Crippen LogP contribution in [0.3, 0.4) is 0 Å². The van der Waals surface area contributed by atoms with Gasteiger partial charge in [-0.15, -0.1) is 0 Å². The number of carbonyl (C=O) groups excluding carboxylic acids is 1. The molecular weight excluding hydrogens is 362 g/mol. The van der Waals surface area contributed by atoms with E-state index in [1.54, 1.807) is 6.20 Å². The molecule has 29 heavy (non-hydrogen) atoms. The number of benzene rings is 1. The van der Waals surface area contributed by atoms with Crippen LogP contribution in [0.1, 0.15) is 31.2 Å². The molecular formula is C23H31N5O. The van der Waals surface area contributed by atoms with Crippen molar-refractivity contribution in [2.45, 2.75) is 38.3 Å². The molecule has 6 nitrogen and oxygen atoms in total. The molecule has 154 valence electrons. The first kappa shape index (κ1) is 19.7. The van der Waals surface area contributed by atoms with Crippen LogP contribution >= 0.6 is 0 Å². The number of aromatic nitrogens is 1. The number of carbonyl (C=O) groups is 1. The Morgan fingerprint density at radius 2 is 1.76 bits per heavy atom. The van der Waals surface area contributed by atoms with Crippen LogP contribution in [0.5, 0.6) is 0 Å². The Morgan fingerprint density at radius 1 is 1.03 bits per heavy atom. The smallest absolute Gasteiger partial charge is 0.225 e. The first-order valence-electron chi connectivity index (χ1n) is 10.7. The van der Waals surface area contributed by atoms with Crippen LogP contribution in [0.25, 0.3) is 0 Å². The average molecular weight is 394 g/mol. The molecule has 2 aliphatic rings. The van der Waals surface area contributed by atoms with Crippen LogP contribution in [0.15, 0.2) is 48.7 Å². The van der Waals surface area contributed by atoms with Crippen molar-refractivity contribution in [1.82, 2.24) is 14.8 Å². The maximum atomic E-state index is 13.0. The predicted octanol–water partition coefficient (Wildman–Crippen LogP) is 2.98. The third-order valence-electron chi connectivity index (χ3n) is 6.14.